The van der Waals surface area contributed by atoms with Crippen LogP contribution in [0.15, 0.2) is 125 Å². The number of nitrogens with zero attached hydrogens (tertiary/aromatic N) is 6. The van der Waals surface area contributed by atoms with E-state index in [1.165, 1.54) is 18.7 Å². The number of carbonyl (C=O) groups excluding carboxylic acids is 2. The lowest BCUT2D eigenvalue weighted by atomic mass is 10.2. The van der Waals surface area contributed by atoms with E-state index >= 15 is 0 Å². The lowest BCUT2D eigenvalue weighted by Gasteiger charge is -2.15. The number of fused-ring (bicyclic) bond motifs is 2. The number of aromatic nitrogens is 6. The third-order valence-corrected chi connectivity index (χ3v) is 7.68. The predicted octanol–water partition coefficient (Wildman–Crippen LogP) is 4.57. The smallest absolute Gasteiger partial charge is 0.287 e. The van der Waals surface area contributed by atoms with Crippen LogP contribution in [0.25, 0.3) is 22.1 Å². The van der Waals surface area contributed by atoms with Crippen molar-refractivity contribution in [3.8, 4) is 0 Å². The maximum atomic E-state index is 12.7. The summed E-state index contributed by atoms with van der Waals surface area (Å²) < 4.78 is 1.57. The minimum absolute atomic E-state index is 0.0448. The third kappa shape index (κ3) is 7.44. The standard InChI is InChI=1S/C22H18N4O3.C15H12N4O3/c1-15-20-18(25-22(28)17-10-6-3-7-11-17)12-19(27)26(21(20)24-14-23-15)29-13-16-8-4-2-5-9-16;1-9-13-11(18-15(21)10-5-3-2-4-6-10)7-12(20)19(22)14(13)17-8-16-9/h2-12,14H,13H2,1H3,(H,25,28);2-8,22H,1H3,(H,18,21). The Morgan fingerprint density at radius 2 is 1.10 bits per heavy atom. The van der Waals surface area contributed by atoms with Gasteiger partial charge in [0.05, 0.1) is 33.5 Å². The molecule has 254 valence electrons. The number of benzene rings is 3. The minimum Gasteiger partial charge on any atom is -0.423 e. The Morgan fingerprint density at radius 1 is 0.647 bits per heavy atom. The van der Waals surface area contributed by atoms with Crippen LogP contribution in [0, 0.1) is 13.8 Å². The van der Waals surface area contributed by atoms with Crippen LogP contribution >= 0.6 is 0 Å². The lowest BCUT2D eigenvalue weighted by molar-refractivity contribution is 0.0978. The van der Waals surface area contributed by atoms with Gasteiger partial charge in [0, 0.05) is 23.3 Å². The zero-order chi connectivity index (χ0) is 35.9. The first-order valence-corrected chi connectivity index (χ1v) is 15.5. The number of rotatable bonds is 7. The summed E-state index contributed by atoms with van der Waals surface area (Å²) in [7, 11) is 0. The molecule has 0 saturated heterocycles. The van der Waals surface area contributed by atoms with Gasteiger partial charge < -0.3 is 20.7 Å². The summed E-state index contributed by atoms with van der Waals surface area (Å²) in [4.78, 5) is 71.4. The molecule has 0 spiro atoms. The van der Waals surface area contributed by atoms with Crippen LogP contribution in [0.1, 0.15) is 37.7 Å². The molecule has 0 aliphatic rings. The zero-order valence-electron chi connectivity index (χ0n) is 27.3. The summed E-state index contributed by atoms with van der Waals surface area (Å²) in [6, 6.07) is 29.4. The third-order valence-electron chi connectivity index (χ3n) is 7.68. The summed E-state index contributed by atoms with van der Waals surface area (Å²) in [6.07, 6.45) is 2.61. The maximum Gasteiger partial charge on any atom is 0.287 e. The van der Waals surface area contributed by atoms with Crippen LogP contribution < -0.4 is 26.6 Å². The molecule has 14 nitrogen and oxygen atoms in total. The number of hydrogen-bond donors (Lipinski definition) is 3. The number of pyridine rings is 2. The van der Waals surface area contributed by atoms with Crippen molar-refractivity contribution in [2.45, 2.75) is 20.5 Å². The number of hydrogen-bond acceptors (Lipinski definition) is 10. The van der Waals surface area contributed by atoms with Crippen molar-refractivity contribution >= 4 is 45.3 Å². The molecule has 4 aromatic heterocycles. The molecule has 0 saturated carbocycles. The van der Waals surface area contributed by atoms with E-state index in [2.05, 4.69) is 30.6 Å². The highest BCUT2D eigenvalue weighted by Crippen LogP contribution is 2.24. The Balaban J connectivity index is 0.000000183. The Kier molecular flexibility index (Phi) is 9.84. The van der Waals surface area contributed by atoms with Gasteiger partial charge in [0.2, 0.25) is 0 Å². The van der Waals surface area contributed by atoms with Crippen LogP contribution in [0.5, 0.6) is 0 Å². The van der Waals surface area contributed by atoms with Gasteiger partial charge in [-0.2, -0.15) is 0 Å². The largest absolute Gasteiger partial charge is 0.423 e. The molecule has 0 radical (unpaired) electrons. The topological polar surface area (TPSA) is 183 Å². The molecule has 0 fully saturated rings. The summed E-state index contributed by atoms with van der Waals surface area (Å²) in [5.41, 5.74) is 2.84. The summed E-state index contributed by atoms with van der Waals surface area (Å²) >= 11 is 0. The SMILES string of the molecule is Cc1ncnc2c1c(NC(=O)c1ccccc1)cc(=O)n2O.Cc1ncnc2c1c(NC(=O)c1ccccc1)cc(=O)n2OCc1ccccc1. The van der Waals surface area contributed by atoms with Gasteiger partial charge in [-0.25, -0.2) is 19.9 Å². The predicted molar refractivity (Wildman–Crippen MR) is 190 cm³/mol. The van der Waals surface area contributed by atoms with Gasteiger partial charge in [-0.15, -0.1) is 9.46 Å². The van der Waals surface area contributed by atoms with Crippen LogP contribution in [0.4, 0.5) is 11.4 Å². The molecule has 2 amide bonds. The van der Waals surface area contributed by atoms with Crippen LogP contribution in [0.3, 0.4) is 0 Å². The van der Waals surface area contributed by atoms with E-state index in [1.807, 2.05) is 36.4 Å². The molecule has 3 N–H and O–H groups in total. The van der Waals surface area contributed by atoms with E-state index in [9.17, 15) is 24.4 Å². The molecule has 0 bridgehead atoms. The second-order valence-corrected chi connectivity index (χ2v) is 11.1. The molecule has 7 rings (SSSR count). The van der Waals surface area contributed by atoms with Crippen molar-refractivity contribution < 1.29 is 19.6 Å². The fraction of sp³-hybridized carbons (Fsp3) is 0.0811. The first-order valence-electron chi connectivity index (χ1n) is 15.5. The molecule has 0 aliphatic carbocycles. The van der Waals surface area contributed by atoms with Crippen LogP contribution in [-0.2, 0) is 6.61 Å². The zero-order valence-corrected chi connectivity index (χ0v) is 27.3. The van der Waals surface area contributed by atoms with Gasteiger partial charge in [0.1, 0.15) is 19.3 Å². The monoisotopic (exact) mass is 682 g/mol. The molecule has 4 heterocycles. The summed E-state index contributed by atoms with van der Waals surface area (Å²) in [5, 5.41) is 16.2. The Hall–Kier alpha value is -7.22. The number of nitrogens with one attached hydrogen (secondary N) is 2. The first-order chi connectivity index (χ1) is 24.7. The van der Waals surface area contributed by atoms with Gasteiger partial charge in [-0.1, -0.05) is 66.7 Å². The number of aryl methyl sites for hydroxylation is 2. The van der Waals surface area contributed by atoms with Crippen molar-refractivity contribution in [3.63, 3.8) is 0 Å². The first kappa shape index (κ1) is 33.7. The molecule has 51 heavy (non-hydrogen) atoms. The number of carbonyl (C=O) groups is 2. The number of amides is 2. The average molecular weight is 683 g/mol. The van der Waals surface area contributed by atoms with Crippen molar-refractivity contribution in [2.24, 2.45) is 0 Å². The molecule has 7 aromatic rings. The molecule has 0 aliphatic heterocycles. The molecular formula is C37H30N8O6. The van der Waals surface area contributed by atoms with Gasteiger partial charge >= 0.3 is 0 Å². The normalized spacial score (nSPS) is 10.6. The minimum atomic E-state index is -0.686. The molecule has 0 unspecified atom stereocenters. The molecule has 0 atom stereocenters. The fourth-order valence-corrected chi connectivity index (χ4v) is 5.19. The van der Waals surface area contributed by atoms with E-state index in [1.54, 1.807) is 68.4 Å². The van der Waals surface area contributed by atoms with E-state index in [4.69, 9.17) is 4.84 Å². The van der Waals surface area contributed by atoms with Crippen molar-refractivity contribution in [3.05, 3.63) is 165 Å². The van der Waals surface area contributed by atoms with Gasteiger partial charge in [0.25, 0.3) is 22.9 Å². The summed E-state index contributed by atoms with van der Waals surface area (Å²) in [6.45, 7) is 3.69. The van der Waals surface area contributed by atoms with Crippen LogP contribution in [0.2, 0.25) is 0 Å². The van der Waals surface area contributed by atoms with Gasteiger partial charge in [-0.05, 0) is 43.7 Å². The van der Waals surface area contributed by atoms with Crippen LogP contribution in [-0.4, -0.2) is 46.4 Å². The average Bonchev–Trinajstić information content (AvgIpc) is 3.15. The van der Waals surface area contributed by atoms with Gasteiger partial charge in [-0.3, -0.25) is 19.2 Å². The summed E-state index contributed by atoms with van der Waals surface area (Å²) in [5.74, 6) is -0.683. The highest BCUT2D eigenvalue weighted by molar-refractivity contribution is 6.09. The Morgan fingerprint density at radius 3 is 1.63 bits per heavy atom. The highest BCUT2D eigenvalue weighted by Gasteiger charge is 2.17. The van der Waals surface area contributed by atoms with E-state index in [0.29, 0.717) is 49.4 Å². The molecular weight excluding hydrogens is 652 g/mol. The second kappa shape index (κ2) is 14.9. The van der Waals surface area contributed by atoms with E-state index < -0.39 is 11.1 Å². The van der Waals surface area contributed by atoms with E-state index in [0.717, 1.165) is 16.4 Å². The fourth-order valence-electron chi connectivity index (χ4n) is 5.19. The highest BCUT2D eigenvalue weighted by atomic mass is 16.7. The van der Waals surface area contributed by atoms with E-state index in [-0.39, 0.29) is 29.8 Å². The molecule has 3 aromatic carbocycles. The van der Waals surface area contributed by atoms with Crippen molar-refractivity contribution in [2.75, 3.05) is 10.6 Å². The number of anilines is 2. The maximum absolute atomic E-state index is 12.7. The lowest BCUT2D eigenvalue weighted by Crippen LogP contribution is -2.28. The molecule has 14 heteroatoms. The quantitative estimate of drug-likeness (QED) is 0.201. The van der Waals surface area contributed by atoms with Crippen molar-refractivity contribution in [1.82, 2.24) is 29.4 Å². The van der Waals surface area contributed by atoms with Crippen molar-refractivity contribution in [1.29, 1.82) is 0 Å². The Labute approximate surface area is 289 Å². The second-order valence-electron chi connectivity index (χ2n) is 11.1. The van der Waals surface area contributed by atoms with Gasteiger partial charge in [0.15, 0.2) is 11.3 Å². The Bertz CT molecular complexity index is 2490.